The molecule has 1 aliphatic heterocycles. The summed E-state index contributed by atoms with van der Waals surface area (Å²) in [4.78, 5) is 4.59. The van der Waals surface area contributed by atoms with E-state index in [-0.39, 0.29) is 6.10 Å². The summed E-state index contributed by atoms with van der Waals surface area (Å²) in [6, 6.07) is 3.94. The maximum absolute atomic E-state index is 5.86. The highest BCUT2D eigenvalue weighted by Gasteiger charge is 2.27. The number of ether oxygens (including phenoxy) is 1. The summed E-state index contributed by atoms with van der Waals surface area (Å²) in [5.41, 5.74) is 2.82. The minimum Gasteiger partial charge on any atom is -0.488 e. The Kier molecular flexibility index (Phi) is 1.96. The molecular formula is C13H15NO2. The van der Waals surface area contributed by atoms with Gasteiger partial charge in [-0.15, -0.1) is 0 Å². The molecule has 3 heterocycles. The van der Waals surface area contributed by atoms with Crippen LogP contribution in [0.25, 0.3) is 11.1 Å². The predicted octanol–water partition coefficient (Wildman–Crippen LogP) is 3.10. The van der Waals surface area contributed by atoms with E-state index in [9.17, 15) is 0 Å². The fourth-order valence-corrected chi connectivity index (χ4v) is 2.13. The Bertz CT molecular complexity index is 499. The third-order valence-electron chi connectivity index (χ3n) is 3.08. The van der Waals surface area contributed by atoms with Crippen LogP contribution < -0.4 is 4.74 Å². The molecule has 0 amide bonds. The maximum Gasteiger partial charge on any atom is 0.156 e. The molecule has 0 aliphatic carbocycles. The van der Waals surface area contributed by atoms with Crippen molar-refractivity contribution in [2.75, 3.05) is 0 Å². The SMILES string of the molecule is Cc1cc2nc3c(cc2o1)OC(C(C)C)C3. The van der Waals surface area contributed by atoms with Crippen molar-refractivity contribution in [3.63, 3.8) is 0 Å². The van der Waals surface area contributed by atoms with Crippen LogP contribution in [0.15, 0.2) is 16.5 Å². The number of aromatic nitrogens is 1. The molecule has 16 heavy (non-hydrogen) atoms. The van der Waals surface area contributed by atoms with E-state index in [1.165, 1.54) is 0 Å². The third-order valence-corrected chi connectivity index (χ3v) is 3.08. The summed E-state index contributed by atoms with van der Waals surface area (Å²) in [7, 11) is 0. The summed E-state index contributed by atoms with van der Waals surface area (Å²) in [5, 5.41) is 0. The number of pyridine rings is 1. The number of nitrogens with zero attached hydrogens (tertiary/aromatic N) is 1. The molecule has 1 atom stereocenters. The lowest BCUT2D eigenvalue weighted by molar-refractivity contribution is 0.178. The van der Waals surface area contributed by atoms with Crippen LogP contribution in [-0.2, 0) is 6.42 Å². The molecule has 1 aliphatic rings. The van der Waals surface area contributed by atoms with Crippen molar-refractivity contribution >= 4 is 11.1 Å². The molecule has 3 heteroatoms. The van der Waals surface area contributed by atoms with Gasteiger partial charge in [-0.25, -0.2) is 4.98 Å². The van der Waals surface area contributed by atoms with Gasteiger partial charge in [-0.3, -0.25) is 0 Å². The molecule has 1 unspecified atom stereocenters. The number of rotatable bonds is 1. The van der Waals surface area contributed by atoms with Crippen LogP contribution in [0.5, 0.6) is 5.75 Å². The van der Waals surface area contributed by atoms with Gasteiger partial charge in [0.15, 0.2) is 5.58 Å². The summed E-state index contributed by atoms with van der Waals surface area (Å²) in [5.74, 6) is 2.30. The number of fused-ring (bicyclic) bond motifs is 2. The van der Waals surface area contributed by atoms with Gasteiger partial charge in [-0.1, -0.05) is 13.8 Å². The second-order valence-electron chi connectivity index (χ2n) is 4.78. The fourth-order valence-electron chi connectivity index (χ4n) is 2.13. The van der Waals surface area contributed by atoms with Crippen molar-refractivity contribution in [1.82, 2.24) is 4.98 Å². The Balaban J connectivity index is 2.06. The van der Waals surface area contributed by atoms with Gasteiger partial charge in [0.2, 0.25) is 0 Å². The van der Waals surface area contributed by atoms with Gasteiger partial charge in [0.1, 0.15) is 23.1 Å². The zero-order chi connectivity index (χ0) is 11.3. The van der Waals surface area contributed by atoms with Crippen LogP contribution in [-0.4, -0.2) is 11.1 Å². The predicted molar refractivity (Wildman–Crippen MR) is 61.7 cm³/mol. The molecule has 3 rings (SSSR count). The Labute approximate surface area is 94.4 Å². The quantitative estimate of drug-likeness (QED) is 0.736. The lowest BCUT2D eigenvalue weighted by Gasteiger charge is -2.13. The zero-order valence-electron chi connectivity index (χ0n) is 9.78. The molecule has 0 saturated carbocycles. The number of hydrogen-bond acceptors (Lipinski definition) is 3. The van der Waals surface area contributed by atoms with E-state index in [4.69, 9.17) is 9.15 Å². The molecule has 0 bridgehead atoms. The molecule has 3 nitrogen and oxygen atoms in total. The van der Waals surface area contributed by atoms with Crippen molar-refractivity contribution in [3.8, 4) is 5.75 Å². The van der Waals surface area contributed by atoms with E-state index < -0.39 is 0 Å². The van der Waals surface area contributed by atoms with Crippen molar-refractivity contribution in [2.24, 2.45) is 5.92 Å². The molecule has 84 valence electrons. The lowest BCUT2D eigenvalue weighted by Crippen LogP contribution is -2.19. The Morgan fingerprint density at radius 2 is 2.19 bits per heavy atom. The average Bonchev–Trinajstić information content (AvgIpc) is 2.74. The maximum atomic E-state index is 5.86. The van der Waals surface area contributed by atoms with E-state index in [1.807, 2.05) is 19.1 Å². The normalized spacial score (nSPS) is 19.1. The van der Waals surface area contributed by atoms with E-state index in [0.717, 1.165) is 34.7 Å². The highest BCUT2D eigenvalue weighted by Crippen LogP contribution is 2.33. The van der Waals surface area contributed by atoms with Gasteiger partial charge in [0, 0.05) is 18.6 Å². The topological polar surface area (TPSA) is 35.3 Å². The zero-order valence-corrected chi connectivity index (χ0v) is 9.78. The first-order valence-electron chi connectivity index (χ1n) is 5.70. The third kappa shape index (κ3) is 1.39. The molecule has 2 aromatic rings. The van der Waals surface area contributed by atoms with Gasteiger partial charge < -0.3 is 9.15 Å². The Hall–Kier alpha value is -1.51. The second-order valence-corrected chi connectivity index (χ2v) is 4.78. The van der Waals surface area contributed by atoms with Gasteiger partial charge in [0.05, 0.1) is 5.69 Å². The molecule has 0 radical (unpaired) electrons. The van der Waals surface area contributed by atoms with Crippen molar-refractivity contribution in [3.05, 3.63) is 23.6 Å². The van der Waals surface area contributed by atoms with Crippen LogP contribution in [0, 0.1) is 12.8 Å². The van der Waals surface area contributed by atoms with Crippen molar-refractivity contribution in [1.29, 1.82) is 0 Å². The van der Waals surface area contributed by atoms with Gasteiger partial charge >= 0.3 is 0 Å². The largest absolute Gasteiger partial charge is 0.488 e. The molecule has 0 aromatic carbocycles. The van der Waals surface area contributed by atoms with E-state index in [0.29, 0.717) is 5.92 Å². The van der Waals surface area contributed by atoms with Crippen LogP contribution in [0.2, 0.25) is 0 Å². The molecular weight excluding hydrogens is 202 g/mol. The Morgan fingerprint density at radius 1 is 1.38 bits per heavy atom. The van der Waals surface area contributed by atoms with Gasteiger partial charge in [-0.05, 0) is 12.8 Å². The minimum absolute atomic E-state index is 0.259. The minimum atomic E-state index is 0.259. The molecule has 0 N–H and O–H groups in total. The van der Waals surface area contributed by atoms with Crippen LogP contribution in [0.1, 0.15) is 25.3 Å². The first kappa shape index (κ1) is 9.70. The standard InChI is InChI=1S/C13H15NO2/c1-7(2)11-5-10-13(16-11)6-12-9(14-10)4-8(3)15-12/h4,6-7,11H,5H2,1-3H3. The summed E-state index contributed by atoms with van der Waals surface area (Å²) in [6.07, 6.45) is 1.17. The fraction of sp³-hybridized carbons (Fsp3) is 0.462. The first-order chi connectivity index (χ1) is 7.63. The van der Waals surface area contributed by atoms with Crippen molar-refractivity contribution < 1.29 is 9.15 Å². The van der Waals surface area contributed by atoms with Crippen molar-refractivity contribution in [2.45, 2.75) is 33.3 Å². The van der Waals surface area contributed by atoms with Crippen LogP contribution >= 0.6 is 0 Å². The number of furan rings is 1. The molecule has 0 saturated heterocycles. The monoisotopic (exact) mass is 217 g/mol. The van der Waals surface area contributed by atoms with Crippen LogP contribution in [0.3, 0.4) is 0 Å². The van der Waals surface area contributed by atoms with E-state index >= 15 is 0 Å². The smallest absolute Gasteiger partial charge is 0.156 e. The highest BCUT2D eigenvalue weighted by molar-refractivity contribution is 5.75. The Morgan fingerprint density at radius 3 is 2.94 bits per heavy atom. The first-order valence-corrected chi connectivity index (χ1v) is 5.70. The van der Waals surface area contributed by atoms with E-state index in [1.54, 1.807) is 0 Å². The summed E-state index contributed by atoms with van der Waals surface area (Å²) >= 11 is 0. The lowest BCUT2D eigenvalue weighted by atomic mass is 10.0. The molecule has 0 fully saturated rings. The van der Waals surface area contributed by atoms with Gasteiger partial charge in [0.25, 0.3) is 0 Å². The molecule has 0 spiro atoms. The van der Waals surface area contributed by atoms with E-state index in [2.05, 4.69) is 18.8 Å². The second kappa shape index (κ2) is 3.24. The van der Waals surface area contributed by atoms with Gasteiger partial charge in [-0.2, -0.15) is 0 Å². The average molecular weight is 217 g/mol. The number of aryl methyl sites for hydroxylation is 1. The van der Waals surface area contributed by atoms with Crippen LogP contribution in [0.4, 0.5) is 0 Å². The summed E-state index contributed by atoms with van der Waals surface area (Å²) in [6.45, 7) is 6.28. The number of hydrogen-bond donors (Lipinski definition) is 0. The summed E-state index contributed by atoms with van der Waals surface area (Å²) < 4.78 is 11.4. The molecule has 2 aromatic heterocycles. The highest BCUT2D eigenvalue weighted by atomic mass is 16.5.